The monoisotopic (exact) mass is 466 g/mol. The summed E-state index contributed by atoms with van der Waals surface area (Å²) >= 11 is 0. The Balaban J connectivity index is 1.71. The number of nitrogens with zero attached hydrogens (tertiary/aromatic N) is 3. The van der Waals surface area contributed by atoms with Crippen LogP contribution in [-0.4, -0.2) is 15.1 Å². The Morgan fingerprint density at radius 2 is 1.64 bits per heavy atom. The summed E-state index contributed by atoms with van der Waals surface area (Å²) in [5.41, 5.74) is 3.68. The van der Waals surface area contributed by atoms with Gasteiger partial charge < -0.3 is 10.1 Å². The van der Waals surface area contributed by atoms with E-state index < -0.39 is 5.60 Å². The SMILES string of the molecule is [C-]#[N+]c1cccc([N+]#[C-])c1-c1nc2c3ccc(C#CC4CC4)cc3c3cc(C(C)(C)O)ccc3c2[nH]1. The van der Waals surface area contributed by atoms with Gasteiger partial charge in [-0.15, -0.1) is 0 Å². The molecule has 0 saturated heterocycles. The van der Waals surface area contributed by atoms with Gasteiger partial charge in [-0.1, -0.05) is 48.2 Å². The number of fused-ring (bicyclic) bond motifs is 6. The van der Waals surface area contributed by atoms with Crippen LogP contribution in [0.5, 0.6) is 0 Å². The summed E-state index contributed by atoms with van der Waals surface area (Å²) in [5.74, 6) is 7.67. The molecule has 1 saturated carbocycles. The van der Waals surface area contributed by atoms with Gasteiger partial charge in [0, 0.05) is 27.8 Å². The fourth-order valence-electron chi connectivity index (χ4n) is 4.67. The summed E-state index contributed by atoms with van der Waals surface area (Å²) in [4.78, 5) is 15.7. The molecule has 172 valence electrons. The summed E-state index contributed by atoms with van der Waals surface area (Å²) in [5, 5.41) is 14.6. The van der Waals surface area contributed by atoms with Crippen LogP contribution in [-0.2, 0) is 5.60 Å². The van der Waals surface area contributed by atoms with Crippen molar-refractivity contribution >= 4 is 44.0 Å². The molecule has 5 nitrogen and oxygen atoms in total. The quantitative estimate of drug-likeness (QED) is 0.160. The van der Waals surface area contributed by atoms with Gasteiger partial charge in [0.05, 0.1) is 29.8 Å². The molecule has 0 aliphatic heterocycles. The number of benzene rings is 4. The molecule has 4 aromatic carbocycles. The molecule has 6 rings (SSSR count). The van der Waals surface area contributed by atoms with Crippen molar-refractivity contribution in [1.82, 2.24) is 9.97 Å². The number of aliphatic hydroxyl groups is 1. The topological polar surface area (TPSA) is 57.6 Å². The van der Waals surface area contributed by atoms with Crippen LogP contribution in [0.1, 0.15) is 37.8 Å². The molecular weight excluding hydrogens is 444 g/mol. The van der Waals surface area contributed by atoms with Crippen molar-refractivity contribution in [2.75, 3.05) is 0 Å². The van der Waals surface area contributed by atoms with Crippen molar-refractivity contribution in [3.8, 4) is 23.2 Å². The smallest absolute Gasteiger partial charge is 0.187 e. The first kappa shape index (κ1) is 21.9. The highest BCUT2D eigenvalue weighted by molar-refractivity contribution is 6.24. The lowest BCUT2D eigenvalue weighted by Gasteiger charge is -2.19. The Kier molecular flexibility index (Phi) is 4.84. The second-order valence-corrected chi connectivity index (χ2v) is 9.83. The van der Waals surface area contributed by atoms with E-state index in [0.29, 0.717) is 28.7 Å². The molecule has 1 heterocycles. The minimum absolute atomic E-state index is 0.387. The largest absolute Gasteiger partial charge is 0.386 e. The van der Waals surface area contributed by atoms with Crippen LogP contribution in [0.15, 0.2) is 54.6 Å². The van der Waals surface area contributed by atoms with Crippen LogP contribution >= 0.6 is 0 Å². The van der Waals surface area contributed by atoms with E-state index in [0.717, 1.165) is 43.7 Å². The molecule has 1 aromatic heterocycles. The predicted octanol–water partition coefficient (Wildman–Crippen LogP) is 7.63. The van der Waals surface area contributed by atoms with Gasteiger partial charge in [0.2, 0.25) is 0 Å². The molecule has 0 atom stereocenters. The number of hydrogen-bond acceptors (Lipinski definition) is 2. The summed E-state index contributed by atoms with van der Waals surface area (Å²) in [6.45, 7) is 18.8. The maximum atomic E-state index is 10.7. The molecular formula is C31H22N4O. The summed E-state index contributed by atoms with van der Waals surface area (Å²) in [6.07, 6.45) is 2.35. The lowest BCUT2D eigenvalue weighted by molar-refractivity contribution is 0.0787. The normalized spacial score (nSPS) is 13.4. The molecule has 1 aliphatic rings. The highest BCUT2D eigenvalue weighted by Gasteiger charge is 2.21. The second-order valence-electron chi connectivity index (χ2n) is 9.83. The molecule has 0 unspecified atom stereocenters. The van der Waals surface area contributed by atoms with E-state index in [-0.39, 0.29) is 0 Å². The fourth-order valence-corrected chi connectivity index (χ4v) is 4.67. The third-order valence-electron chi connectivity index (χ3n) is 6.76. The minimum Gasteiger partial charge on any atom is -0.386 e. The van der Waals surface area contributed by atoms with E-state index in [9.17, 15) is 5.11 Å². The maximum Gasteiger partial charge on any atom is 0.187 e. The van der Waals surface area contributed by atoms with Crippen LogP contribution < -0.4 is 0 Å². The molecule has 5 heteroatoms. The van der Waals surface area contributed by atoms with Gasteiger partial charge in [0.25, 0.3) is 0 Å². The first-order valence-electron chi connectivity index (χ1n) is 11.9. The molecule has 0 radical (unpaired) electrons. The van der Waals surface area contributed by atoms with Crippen molar-refractivity contribution in [2.45, 2.75) is 32.3 Å². The first-order valence-corrected chi connectivity index (χ1v) is 11.9. The zero-order valence-corrected chi connectivity index (χ0v) is 20.0. The predicted molar refractivity (Wildman–Crippen MR) is 144 cm³/mol. The number of aromatic amines is 1. The average Bonchev–Trinajstić information content (AvgIpc) is 3.61. The standard InChI is InChI=1S/C31H22N4O/c1-31(2,36)20-13-15-22-24(17-20)23-16-19(11-10-18-8-9-18)12-14-21(23)28-29(22)35-30(34-28)27-25(32-3)6-5-7-26(27)33-4/h5-7,12-18,36H,8-9H2,1-2H3,(H,34,35). The van der Waals surface area contributed by atoms with Gasteiger partial charge >= 0.3 is 0 Å². The Hall–Kier alpha value is -4.63. The van der Waals surface area contributed by atoms with Crippen molar-refractivity contribution < 1.29 is 5.11 Å². The summed E-state index contributed by atoms with van der Waals surface area (Å²) in [6, 6.07) is 17.3. The second kappa shape index (κ2) is 7.96. The molecule has 1 fully saturated rings. The van der Waals surface area contributed by atoms with Gasteiger partial charge in [-0.25, -0.2) is 14.7 Å². The van der Waals surface area contributed by atoms with E-state index >= 15 is 0 Å². The molecule has 0 bridgehead atoms. The summed E-state index contributed by atoms with van der Waals surface area (Å²) < 4.78 is 0. The number of aromatic nitrogens is 2. The van der Waals surface area contributed by atoms with Gasteiger partial charge in [0.15, 0.2) is 11.4 Å². The van der Waals surface area contributed by atoms with Gasteiger partial charge in [-0.3, -0.25) is 0 Å². The molecule has 1 aliphatic carbocycles. The zero-order chi connectivity index (χ0) is 25.0. The Labute approximate surface area is 209 Å². The van der Waals surface area contributed by atoms with Gasteiger partial charge in [0.1, 0.15) is 5.82 Å². The lowest BCUT2D eigenvalue weighted by atomic mass is 9.92. The van der Waals surface area contributed by atoms with Crippen molar-refractivity contribution in [2.24, 2.45) is 5.92 Å². The number of rotatable bonds is 2. The third kappa shape index (κ3) is 3.57. The number of imidazole rings is 1. The van der Waals surface area contributed by atoms with E-state index in [1.54, 1.807) is 32.0 Å². The van der Waals surface area contributed by atoms with E-state index in [1.165, 1.54) is 12.8 Å². The zero-order valence-electron chi connectivity index (χ0n) is 20.0. The van der Waals surface area contributed by atoms with Crippen LogP contribution in [0, 0.1) is 30.9 Å². The van der Waals surface area contributed by atoms with Crippen molar-refractivity contribution in [1.29, 1.82) is 0 Å². The molecule has 36 heavy (non-hydrogen) atoms. The van der Waals surface area contributed by atoms with E-state index in [4.69, 9.17) is 18.1 Å². The van der Waals surface area contributed by atoms with Crippen LogP contribution in [0.25, 0.3) is 53.7 Å². The number of H-pyrrole nitrogens is 1. The lowest BCUT2D eigenvalue weighted by Crippen LogP contribution is -2.15. The van der Waals surface area contributed by atoms with E-state index in [1.807, 2.05) is 30.3 Å². The summed E-state index contributed by atoms with van der Waals surface area (Å²) in [7, 11) is 0. The first-order chi connectivity index (χ1) is 17.4. The Morgan fingerprint density at radius 1 is 0.944 bits per heavy atom. The van der Waals surface area contributed by atoms with Crippen molar-refractivity contribution in [3.05, 3.63) is 88.6 Å². The Bertz CT molecular complexity index is 1830. The molecule has 0 spiro atoms. The maximum absolute atomic E-state index is 10.7. The molecule has 2 N–H and O–H groups in total. The highest BCUT2D eigenvalue weighted by Crippen LogP contribution is 2.42. The number of hydrogen-bond donors (Lipinski definition) is 2. The highest BCUT2D eigenvalue weighted by atomic mass is 16.3. The van der Waals surface area contributed by atoms with Crippen LogP contribution in [0.2, 0.25) is 0 Å². The fraction of sp³-hybridized carbons (Fsp3) is 0.194. The van der Waals surface area contributed by atoms with Crippen molar-refractivity contribution in [3.63, 3.8) is 0 Å². The number of nitrogens with one attached hydrogen (secondary N) is 1. The average molecular weight is 467 g/mol. The minimum atomic E-state index is -0.989. The van der Waals surface area contributed by atoms with E-state index in [2.05, 4.69) is 32.6 Å². The van der Waals surface area contributed by atoms with Crippen LogP contribution in [0.4, 0.5) is 11.4 Å². The molecule has 0 amide bonds. The Morgan fingerprint density at radius 3 is 2.31 bits per heavy atom. The third-order valence-corrected chi connectivity index (χ3v) is 6.76. The van der Waals surface area contributed by atoms with Crippen LogP contribution in [0.3, 0.4) is 0 Å². The van der Waals surface area contributed by atoms with Gasteiger partial charge in [-0.05, 0) is 61.2 Å². The van der Waals surface area contributed by atoms with Gasteiger partial charge in [-0.2, -0.15) is 0 Å². The molecule has 5 aromatic rings.